The van der Waals surface area contributed by atoms with Crippen molar-refractivity contribution in [3.8, 4) is 5.75 Å². The zero-order valence-corrected chi connectivity index (χ0v) is 11.6. The van der Waals surface area contributed by atoms with Crippen molar-refractivity contribution in [3.63, 3.8) is 0 Å². The van der Waals surface area contributed by atoms with Gasteiger partial charge in [-0.15, -0.1) is 0 Å². The Labute approximate surface area is 114 Å². The molecule has 3 N–H and O–H groups in total. The minimum atomic E-state index is -0.918. The van der Waals surface area contributed by atoms with Gasteiger partial charge in [0.2, 0.25) is 0 Å². The number of hydrogen-bond acceptors (Lipinski definition) is 3. The molecule has 19 heavy (non-hydrogen) atoms. The molecule has 0 aliphatic carbocycles. The molecule has 1 aromatic rings. The van der Waals surface area contributed by atoms with Gasteiger partial charge in [-0.2, -0.15) is 0 Å². The van der Waals surface area contributed by atoms with Crippen molar-refractivity contribution < 1.29 is 14.6 Å². The molecule has 0 aliphatic rings. The Morgan fingerprint density at radius 1 is 1.32 bits per heavy atom. The van der Waals surface area contributed by atoms with E-state index in [9.17, 15) is 4.79 Å². The molecule has 0 amide bonds. The van der Waals surface area contributed by atoms with Crippen LogP contribution in [0.3, 0.4) is 0 Å². The number of rotatable bonds is 8. The first-order valence-corrected chi connectivity index (χ1v) is 6.80. The molecule has 0 aliphatic heterocycles. The van der Waals surface area contributed by atoms with Crippen LogP contribution in [-0.2, 0) is 11.2 Å². The average molecular weight is 265 g/mol. The Morgan fingerprint density at radius 3 is 2.42 bits per heavy atom. The van der Waals surface area contributed by atoms with Crippen molar-refractivity contribution in [1.29, 1.82) is 0 Å². The highest BCUT2D eigenvalue weighted by Crippen LogP contribution is 2.17. The van der Waals surface area contributed by atoms with Crippen LogP contribution in [0, 0.1) is 0 Å². The van der Waals surface area contributed by atoms with E-state index in [-0.39, 0.29) is 6.04 Å². The molecule has 4 nitrogen and oxygen atoms in total. The molecule has 0 spiro atoms. The van der Waals surface area contributed by atoms with Gasteiger partial charge < -0.3 is 15.6 Å². The molecule has 1 rings (SSSR count). The van der Waals surface area contributed by atoms with E-state index in [0.717, 1.165) is 24.8 Å². The molecule has 4 heteroatoms. The maximum Gasteiger partial charge on any atom is 0.344 e. The molecule has 0 heterocycles. The van der Waals surface area contributed by atoms with Gasteiger partial charge in [0, 0.05) is 6.04 Å². The summed E-state index contributed by atoms with van der Waals surface area (Å²) in [6, 6.07) is 7.66. The fraction of sp³-hybridized carbons (Fsp3) is 0.533. The van der Waals surface area contributed by atoms with Gasteiger partial charge in [0.1, 0.15) is 5.75 Å². The van der Waals surface area contributed by atoms with Crippen molar-refractivity contribution in [2.45, 2.75) is 51.7 Å². The van der Waals surface area contributed by atoms with Gasteiger partial charge in [-0.05, 0) is 37.0 Å². The molecule has 0 saturated heterocycles. The molecule has 2 unspecified atom stereocenters. The van der Waals surface area contributed by atoms with Gasteiger partial charge in [0.25, 0.3) is 0 Å². The van der Waals surface area contributed by atoms with Gasteiger partial charge in [-0.25, -0.2) is 4.79 Å². The summed E-state index contributed by atoms with van der Waals surface area (Å²) < 4.78 is 5.47. The maximum absolute atomic E-state index is 11.0. The van der Waals surface area contributed by atoms with Crippen LogP contribution >= 0.6 is 0 Å². The second kappa shape index (κ2) is 7.79. The summed E-state index contributed by atoms with van der Waals surface area (Å²) in [5, 5.41) is 9.03. The average Bonchev–Trinajstić information content (AvgIpc) is 2.40. The number of nitrogens with two attached hydrogens (primary N) is 1. The van der Waals surface area contributed by atoms with Crippen molar-refractivity contribution in [2.24, 2.45) is 5.73 Å². The van der Waals surface area contributed by atoms with Crippen LogP contribution in [0.15, 0.2) is 24.3 Å². The highest BCUT2D eigenvalue weighted by Gasteiger charge is 2.17. The Balaban J connectivity index is 2.62. The quantitative estimate of drug-likeness (QED) is 0.757. The lowest BCUT2D eigenvalue weighted by Crippen LogP contribution is -2.26. The lowest BCUT2D eigenvalue weighted by atomic mass is 10.0. The van der Waals surface area contributed by atoms with Crippen molar-refractivity contribution in [1.82, 2.24) is 0 Å². The fourth-order valence-corrected chi connectivity index (χ4v) is 1.81. The number of carboxylic acid groups (broad SMARTS) is 1. The normalized spacial score (nSPS) is 13.8. The smallest absolute Gasteiger partial charge is 0.344 e. The molecule has 2 atom stereocenters. The minimum absolute atomic E-state index is 0.165. The molecular weight excluding hydrogens is 242 g/mol. The summed E-state index contributed by atoms with van der Waals surface area (Å²) >= 11 is 0. The fourth-order valence-electron chi connectivity index (χ4n) is 1.81. The van der Waals surface area contributed by atoms with Gasteiger partial charge in [0.15, 0.2) is 6.10 Å². The number of hydrogen-bond donors (Lipinski definition) is 2. The highest BCUT2D eigenvalue weighted by molar-refractivity contribution is 5.72. The summed E-state index contributed by atoms with van der Waals surface area (Å²) in [7, 11) is 0. The number of aliphatic carboxylic acids is 1. The Morgan fingerprint density at radius 2 is 1.95 bits per heavy atom. The SMILES string of the molecule is CCCC(Oc1ccc(CC(N)CC)cc1)C(=O)O. The van der Waals surface area contributed by atoms with Crippen molar-refractivity contribution in [3.05, 3.63) is 29.8 Å². The standard InChI is InChI=1S/C15H23NO3/c1-3-5-14(15(17)18)19-13-8-6-11(7-9-13)10-12(16)4-2/h6-9,12,14H,3-5,10,16H2,1-2H3,(H,17,18). The van der Waals surface area contributed by atoms with E-state index in [1.165, 1.54) is 0 Å². The van der Waals surface area contributed by atoms with E-state index in [1.807, 2.05) is 31.2 Å². The van der Waals surface area contributed by atoms with E-state index >= 15 is 0 Å². The molecule has 1 aromatic carbocycles. The number of carbonyl (C=O) groups is 1. The summed E-state index contributed by atoms with van der Waals surface area (Å²) in [5.74, 6) is -0.325. The third-order valence-electron chi connectivity index (χ3n) is 3.05. The Kier molecular flexibility index (Phi) is 6.36. The summed E-state index contributed by atoms with van der Waals surface area (Å²) in [5.41, 5.74) is 7.04. The second-order valence-corrected chi connectivity index (χ2v) is 4.75. The van der Waals surface area contributed by atoms with Crippen LogP contribution in [0.25, 0.3) is 0 Å². The topological polar surface area (TPSA) is 72.5 Å². The summed E-state index contributed by atoms with van der Waals surface area (Å²) in [4.78, 5) is 11.0. The van der Waals surface area contributed by atoms with Crippen LogP contribution in [0.1, 0.15) is 38.7 Å². The minimum Gasteiger partial charge on any atom is -0.479 e. The van der Waals surface area contributed by atoms with E-state index in [4.69, 9.17) is 15.6 Å². The van der Waals surface area contributed by atoms with Gasteiger partial charge in [-0.1, -0.05) is 32.4 Å². The number of benzene rings is 1. The third-order valence-corrected chi connectivity index (χ3v) is 3.05. The van der Waals surface area contributed by atoms with Gasteiger partial charge in [0.05, 0.1) is 0 Å². The van der Waals surface area contributed by atoms with E-state index in [2.05, 4.69) is 6.92 Å². The zero-order valence-electron chi connectivity index (χ0n) is 11.6. The predicted molar refractivity (Wildman–Crippen MR) is 75.4 cm³/mol. The molecule has 0 radical (unpaired) electrons. The first kappa shape index (κ1) is 15.5. The highest BCUT2D eigenvalue weighted by atomic mass is 16.5. The molecule has 0 saturated carbocycles. The Hall–Kier alpha value is -1.55. The molecule has 0 aromatic heterocycles. The van der Waals surface area contributed by atoms with Crippen LogP contribution < -0.4 is 10.5 Å². The van der Waals surface area contributed by atoms with Gasteiger partial charge in [-0.3, -0.25) is 0 Å². The van der Waals surface area contributed by atoms with Crippen LogP contribution in [0.5, 0.6) is 5.75 Å². The van der Waals surface area contributed by atoms with Gasteiger partial charge >= 0.3 is 5.97 Å². The van der Waals surface area contributed by atoms with Crippen LogP contribution in [0.4, 0.5) is 0 Å². The van der Waals surface area contributed by atoms with Crippen molar-refractivity contribution in [2.75, 3.05) is 0 Å². The lowest BCUT2D eigenvalue weighted by molar-refractivity contribution is -0.145. The largest absolute Gasteiger partial charge is 0.479 e. The molecule has 0 fully saturated rings. The van der Waals surface area contributed by atoms with E-state index in [0.29, 0.717) is 12.2 Å². The molecular formula is C15H23NO3. The zero-order chi connectivity index (χ0) is 14.3. The van der Waals surface area contributed by atoms with Crippen molar-refractivity contribution >= 4 is 5.97 Å². The van der Waals surface area contributed by atoms with Crippen LogP contribution in [0.2, 0.25) is 0 Å². The summed E-state index contributed by atoms with van der Waals surface area (Å²) in [6.07, 6.45) is 2.29. The maximum atomic E-state index is 11.0. The third kappa shape index (κ3) is 5.30. The molecule has 0 bridgehead atoms. The van der Waals surface area contributed by atoms with Crippen LogP contribution in [-0.4, -0.2) is 23.2 Å². The monoisotopic (exact) mass is 265 g/mol. The van der Waals surface area contributed by atoms with E-state index < -0.39 is 12.1 Å². The lowest BCUT2D eigenvalue weighted by Gasteiger charge is -2.15. The summed E-state index contributed by atoms with van der Waals surface area (Å²) in [6.45, 7) is 4.00. The number of ether oxygens (including phenoxy) is 1. The first-order chi connectivity index (χ1) is 9.06. The van der Waals surface area contributed by atoms with E-state index in [1.54, 1.807) is 0 Å². The Bertz CT molecular complexity index is 389. The molecule has 106 valence electrons. The predicted octanol–water partition coefficient (Wildman–Crippen LogP) is 2.60. The first-order valence-electron chi connectivity index (χ1n) is 6.80. The second-order valence-electron chi connectivity index (χ2n) is 4.75. The number of carboxylic acids is 1.